The molecule has 0 aliphatic carbocycles. The Labute approximate surface area is 103 Å². The molecular formula is C11H14BrN3O. The molecule has 1 fully saturated rings. The minimum atomic E-state index is -0.0872. The summed E-state index contributed by atoms with van der Waals surface area (Å²) in [6.07, 6.45) is 1.94. The molecule has 86 valence electrons. The van der Waals surface area contributed by atoms with Crippen molar-refractivity contribution in [1.82, 2.24) is 10.3 Å². The molecule has 1 aliphatic rings. The number of carbonyl (C=O) groups excluding carboxylic acids is 1. The lowest BCUT2D eigenvalue weighted by atomic mass is 10.2. The van der Waals surface area contributed by atoms with Gasteiger partial charge in [-0.1, -0.05) is 6.07 Å². The second kappa shape index (κ2) is 4.93. The smallest absolute Gasteiger partial charge is 0.242 e. The molecule has 1 amide bonds. The number of carbonyl (C=O) groups is 1. The van der Waals surface area contributed by atoms with E-state index in [-0.39, 0.29) is 11.9 Å². The van der Waals surface area contributed by atoms with Crippen molar-refractivity contribution >= 4 is 27.7 Å². The van der Waals surface area contributed by atoms with Gasteiger partial charge in [-0.15, -0.1) is 0 Å². The Kier molecular flexibility index (Phi) is 3.56. The molecule has 2 atom stereocenters. The van der Waals surface area contributed by atoms with Gasteiger partial charge >= 0.3 is 0 Å². The highest BCUT2D eigenvalue weighted by Crippen LogP contribution is 2.14. The Morgan fingerprint density at radius 2 is 2.38 bits per heavy atom. The van der Waals surface area contributed by atoms with Crippen LogP contribution in [0.15, 0.2) is 22.8 Å². The summed E-state index contributed by atoms with van der Waals surface area (Å²) < 4.78 is 0.720. The van der Waals surface area contributed by atoms with Crippen LogP contribution in [-0.2, 0) is 4.79 Å². The largest absolute Gasteiger partial charge is 0.309 e. The molecule has 2 heterocycles. The number of nitrogens with one attached hydrogen (secondary N) is 2. The van der Waals surface area contributed by atoms with Gasteiger partial charge in [-0.2, -0.15) is 0 Å². The quantitative estimate of drug-likeness (QED) is 0.816. The Morgan fingerprint density at radius 1 is 1.56 bits per heavy atom. The van der Waals surface area contributed by atoms with Crippen LogP contribution < -0.4 is 10.6 Å². The van der Waals surface area contributed by atoms with Crippen molar-refractivity contribution < 1.29 is 4.79 Å². The van der Waals surface area contributed by atoms with Crippen LogP contribution in [0.5, 0.6) is 0 Å². The predicted molar refractivity (Wildman–Crippen MR) is 66.2 cm³/mol. The first-order valence-electron chi connectivity index (χ1n) is 5.34. The zero-order valence-electron chi connectivity index (χ0n) is 9.03. The van der Waals surface area contributed by atoms with Crippen molar-refractivity contribution in [2.75, 3.05) is 5.32 Å². The zero-order valence-corrected chi connectivity index (χ0v) is 10.6. The average molecular weight is 284 g/mol. The van der Waals surface area contributed by atoms with E-state index in [0.29, 0.717) is 11.9 Å². The Balaban J connectivity index is 1.97. The molecule has 1 aromatic heterocycles. The third-order valence-corrected chi connectivity index (χ3v) is 3.10. The molecule has 16 heavy (non-hydrogen) atoms. The molecule has 2 unspecified atom stereocenters. The lowest BCUT2D eigenvalue weighted by Crippen LogP contribution is -2.38. The SMILES string of the molecule is CC1CCC(C(=O)Nc2cccc(Br)n2)N1. The molecule has 0 bridgehead atoms. The minimum Gasteiger partial charge on any atom is -0.309 e. The van der Waals surface area contributed by atoms with Crippen molar-refractivity contribution in [1.29, 1.82) is 0 Å². The molecule has 5 heteroatoms. The van der Waals surface area contributed by atoms with Crippen molar-refractivity contribution in [3.8, 4) is 0 Å². The number of halogens is 1. The molecule has 2 N–H and O–H groups in total. The van der Waals surface area contributed by atoms with Crippen LogP contribution in [-0.4, -0.2) is 23.0 Å². The zero-order chi connectivity index (χ0) is 11.5. The standard InChI is InChI=1S/C11H14BrN3O/c1-7-5-6-8(13-7)11(16)15-10-4-2-3-9(12)14-10/h2-4,7-8,13H,5-6H2,1H3,(H,14,15,16). The summed E-state index contributed by atoms with van der Waals surface area (Å²) in [4.78, 5) is 16.0. The van der Waals surface area contributed by atoms with Crippen LogP contribution in [0, 0.1) is 0 Å². The summed E-state index contributed by atoms with van der Waals surface area (Å²) in [6, 6.07) is 5.78. The molecule has 0 spiro atoms. The monoisotopic (exact) mass is 283 g/mol. The van der Waals surface area contributed by atoms with E-state index in [2.05, 4.69) is 38.5 Å². The van der Waals surface area contributed by atoms with Crippen molar-refractivity contribution in [2.24, 2.45) is 0 Å². The van der Waals surface area contributed by atoms with Gasteiger partial charge in [-0.3, -0.25) is 4.79 Å². The summed E-state index contributed by atoms with van der Waals surface area (Å²) in [7, 11) is 0. The van der Waals surface area contributed by atoms with Crippen LogP contribution >= 0.6 is 15.9 Å². The van der Waals surface area contributed by atoms with Crippen molar-refractivity contribution in [3.63, 3.8) is 0 Å². The maximum Gasteiger partial charge on any atom is 0.242 e. The number of anilines is 1. The highest BCUT2D eigenvalue weighted by Gasteiger charge is 2.26. The van der Waals surface area contributed by atoms with E-state index in [1.54, 1.807) is 6.07 Å². The fraction of sp³-hybridized carbons (Fsp3) is 0.455. The van der Waals surface area contributed by atoms with E-state index >= 15 is 0 Å². The van der Waals surface area contributed by atoms with Gasteiger partial charge < -0.3 is 10.6 Å². The van der Waals surface area contributed by atoms with E-state index in [1.807, 2.05) is 12.1 Å². The number of amides is 1. The minimum absolute atomic E-state index is 0.00468. The van der Waals surface area contributed by atoms with Crippen LogP contribution in [0.2, 0.25) is 0 Å². The molecule has 2 rings (SSSR count). The van der Waals surface area contributed by atoms with E-state index in [9.17, 15) is 4.79 Å². The van der Waals surface area contributed by atoms with Crippen molar-refractivity contribution in [3.05, 3.63) is 22.8 Å². The second-order valence-corrected chi connectivity index (χ2v) is 4.84. The molecule has 1 aromatic rings. The fourth-order valence-corrected chi connectivity index (χ4v) is 2.17. The lowest BCUT2D eigenvalue weighted by Gasteiger charge is -2.11. The average Bonchev–Trinajstić information content (AvgIpc) is 2.65. The van der Waals surface area contributed by atoms with Gasteiger partial charge in [-0.05, 0) is 47.8 Å². The lowest BCUT2D eigenvalue weighted by molar-refractivity contribution is -0.117. The molecule has 0 radical (unpaired) electrons. The molecule has 1 aliphatic heterocycles. The normalized spacial score (nSPS) is 24.4. The first kappa shape index (κ1) is 11.5. The van der Waals surface area contributed by atoms with Gasteiger partial charge in [0, 0.05) is 6.04 Å². The molecular weight excluding hydrogens is 270 g/mol. The van der Waals surface area contributed by atoms with Gasteiger partial charge in [0.2, 0.25) is 5.91 Å². The number of aromatic nitrogens is 1. The highest BCUT2D eigenvalue weighted by molar-refractivity contribution is 9.10. The van der Waals surface area contributed by atoms with Crippen LogP contribution in [0.25, 0.3) is 0 Å². The molecule has 0 aromatic carbocycles. The maximum absolute atomic E-state index is 11.8. The van der Waals surface area contributed by atoms with Crippen LogP contribution in [0.1, 0.15) is 19.8 Å². The van der Waals surface area contributed by atoms with Gasteiger partial charge in [0.05, 0.1) is 6.04 Å². The number of nitrogens with zero attached hydrogens (tertiary/aromatic N) is 1. The Bertz CT molecular complexity index is 397. The van der Waals surface area contributed by atoms with Crippen LogP contribution in [0.3, 0.4) is 0 Å². The van der Waals surface area contributed by atoms with E-state index in [1.165, 1.54) is 0 Å². The molecule has 1 saturated heterocycles. The third kappa shape index (κ3) is 2.80. The van der Waals surface area contributed by atoms with E-state index in [4.69, 9.17) is 0 Å². The van der Waals surface area contributed by atoms with Crippen LogP contribution in [0.4, 0.5) is 5.82 Å². The number of pyridine rings is 1. The summed E-state index contributed by atoms with van der Waals surface area (Å²) in [6.45, 7) is 2.09. The maximum atomic E-state index is 11.8. The second-order valence-electron chi connectivity index (χ2n) is 4.03. The summed E-state index contributed by atoms with van der Waals surface area (Å²) in [5, 5.41) is 6.04. The molecule has 0 saturated carbocycles. The number of hydrogen-bond donors (Lipinski definition) is 2. The predicted octanol–water partition coefficient (Wildman–Crippen LogP) is 1.92. The molecule has 4 nitrogen and oxygen atoms in total. The van der Waals surface area contributed by atoms with E-state index in [0.717, 1.165) is 17.4 Å². The number of rotatable bonds is 2. The van der Waals surface area contributed by atoms with E-state index < -0.39 is 0 Å². The van der Waals surface area contributed by atoms with Gasteiger partial charge in [0.1, 0.15) is 10.4 Å². The third-order valence-electron chi connectivity index (χ3n) is 2.66. The summed E-state index contributed by atoms with van der Waals surface area (Å²) >= 11 is 3.27. The fourth-order valence-electron chi connectivity index (χ4n) is 1.82. The summed E-state index contributed by atoms with van der Waals surface area (Å²) in [5.74, 6) is 0.579. The van der Waals surface area contributed by atoms with Gasteiger partial charge in [0.15, 0.2) is 0 Å². The number of hydrogen-bond acceptors (Lipinski definition) is 3. The Morgan fingerprint density at radius 3 is 3.00 bits per heavy atom. The topological polar surface area (TPSA) is 54.0 Å². The first-order chi connectivity index (χ1) is 7.65. The van der Waals surface area contributed by atoms with Gasteiger partial charge in [-0.25, -0.2) is 4.98 Å². The summed E-state index contributed by atoms with van der Waals surface area (Å²) in [5.41, 5.74) is 0. The van der Waals surface area contributed by atoms with Crippen molar-refractivity contribution in [2.45, 2.75) is 31.8 Å². The Hall–Kier alpha value is -0.940. The highest BCUT2D eigenvalue weighted by atomic mass is 79.9. The first-order valence-corrected chi connectivity index (χ1v) is 6.14. The van der Waals surface area contributed by atoms with Gasteiger partial charge in [0.25, 0.3) is 0 Å².